The molecule has 0 saturated carbocycles. The minimum atomic E-state index is 0.0880. The van der Waals surface area contributed by atoms with Gasteiger partial charge in [-0.3, -0.25) is 14.6 Å². The number of amides is 1. The van der Waals surface area contributed by atoms with Gasteiger partial charge in [-0.1, -0.05) is 19.1 Å². The molecular formula is C19H29N3O2. The first-order valence-corrected chi connectivity index (χ1v) is 9.10. The number of nitrogens with zero attached hydrogens (tertiary/aromatic N) is 2. The van der Waals surface area contributed by atoms with Gasteiger partial charge in [-0.2, -0.15) is 0 Å². The fourth-order valence-electron chi connectivity index (χ4n) is 3.54. The Kier molecular flexibility index (Phi) is 6.24. The number of piperidine rings is 1. The van der Waals surface area contributed by atoms with Crippen molar-refractivity contribution in [2.24, 2.45) is 5.92 Å². The fourth-order valence-corrected chi connectivity index (χ4v) is 3.54. The fraction of sp³-hybridized carbons (Fsp3) is 0.632. The molecule has 2 heterocycles. The third-order valence-corrected chi connectivity index (χ3v) is 4.86. The zero-order valence-corrected chi connectivity index (χ0v) is 14.7. The molecule has 1 N–H and O–H groups in total. The van der Waals surface area contributed by atoms with Crippen LogP contribution in [0.1, 0.15) is 25.3 Å². The van der Waals surface area contributed by atoms with E-state index >= 15 is 0 Å². The van der Waals surface area contributed by atoms with E-state index in [0.717, 1.165) is 51.6 Å². The lowest BCUT2D eigenvalue weighted by molar-refractivity contribution is -0.117. The minimum Gasteiger partial charge on any atom is -0.379 e. The maximum Gasteiger partial charge on any atom is 0.238 e. The van der Waals surface area contributed by atoms with E-state index in [1.54, 1.807) is 0 Å². The van der Waals surface area contributed by atoms with Crippen molar-refractivity contribution in [3.05, 3.63) is 29.8 Å². The van der Waals surface area contributed by atoms with Crippen LogP contribution in [0, 0.1) is 5.92 Å². The molecule has 0 radical (unpaired) electrons. The highest BCUT2D eigenvalue weighted by molar-refractivity contribution is 5.92. The summed E-state index contributed by atoms with van der Waals surface area (Å²) >= 11 is 0. The predicted molar refractivity (Wildman–Crippen MR) is 96.0 cm³/mol. The quantitative estimate of drug-likeness (QED) is 0.898. The summed E-state index contributed by atoms with van der Waals surface area (Å²) < 4.78 is 5.38. The number of anilines is 1. The summed E-state index contributed by atoms with van der Waals surface area (Å²) in [6.45, 7) is 9.41. The Labute approximate surface area is 145 Å². The number of morpholine rings is 1. The van der Waals surface area contributed by atoms with Crippen molar-refractivity contribution in [1.82, 2.24) is 9.80 Å². The summed E-state index contributed by atoms with van der Waals surface area (Å²) in [5.74, 6) is 0.788. The highest BCUT2D eigenvalue weighted by Gasteiger charge is 2.18. The van der Waals surface area contributed by atoms with Gasteiger partial charge < -0.3 is 10.1 Å². The van der Waals surface area contributed by atoms with Gasteiger partial charge in [0.2, 0.25) is 5.91 Å². The van der Waals surface area contributed by atoms with Crippen LogP contribution in [0.2, 0.25) is 0 Å². The molecule has 0 spiro atoms. The number of ether oxygens (including phenoxy) is 1. The summed E-state index contributed by atoms with van der Waals surface area (Å²) in [4.78, 5) is 16.9. The first-order chi connectivity index (χ1) is 11.7. The number of nitrogens with one attached hydrogen (secondary N) is 1. The van der Waals surface area contributed by atoms with Gasteiger partial charge >= 0.3 is 0 Å². The van der Waals surface area contributed by atoms with Crippen molar-refractivity contribution >= 4 is 11.6 Å². The lowest BCUT2D eigenvalue weighted by Crippen LogP contribution is -2.39. The van der Waals surface area contributed by atoms with E-state index in [4.69, 9.17) is 4.74 Å². The van der Waals surface area contributed by atoms with Crippen LogP contribution in [0.15, 0.2) is 24.3 Å². The van der Waals surface area contributed by atoms with Crippen LogP contribution >= 0.6 is 0 Å². The zero-order chi connectivity index (χ0) is 16.8. The number of rotatable bonds is 5. The Morgan fingerprint density at radius 3 is 2.62 bits per heavy atom. The first-order valence-electron chi connectivity index (χ1n) is 9.10. The topological polar surface area (TPSA) is 44.8 Å². The number of hydrogen-bond donors (Lipinski definition) is 1. The smallest absolute Gasteiger partial charge is 0.238 e. The molecule has 5 heteroatoms. The van der Waals surface area contributed by atoms with E-state index in [9.17, 15) is 4.79 Å². The van der Waals surface area contributed by atoms with Crippen LogP contribution in [-0.2, 0) is 16.1 Å². The van der Waals surface area contributed by atoms with Crippen molar-refractivity contribution in [3.8, 4) is 0 Å². The van der Waals surface area contributed by atoms with Crippen molar-refractivity contribution in [3.63, 3.8) is 0 Å². The van der Waals surface area contributed by atoms with Crippen LogP contribution in [-0.4, -0.2) is 61.6 Å². The summed E-state index contributed by atoms with van der Waals surface area (Å²) in [7, 11) is 0. The number of carbonyl (C=O) groups excluding carboxylic acids is 1. The molecule has 5 nitrogen and oxygen atoms in total. The molecule has 2 aliphatic heterocycles. The summed E-state index contributed by atoms with van der Waals surface area (Å²) in [6, 6.07) is 8.22. The molecule has 2 fully saturated rings. The second-order valence-corrected chi connectivity index (χ2v) is 7.12. The lowest BCUT2D eigenvalue weighted by Gasteiger charge is -2.30. The Hall–Kier alpha value is -1.43. The van der Waals surface area contributed by atoms with Gasteiger partial charge in [-0.05, 0) is 43.0 Å². The normalized spacial score (nSPS) is 23.1. The maximum atomic E-state index is 12.2. The summed E-state index contributed by atoms with van der Waals surface area (Å²) in [6.07, 6.45) is 2.48. The second kappa shape index (κ2) is 8.60. The monoisotopic (exact) mass is 331 g/mol. The summed E-state index contributed by atoms with van der Waals surface area (Å²) in [5, 5.41) is 3.02. The van der Waals surface area contributed by atoms with Crippen LogP contribution in [0.5, 0.6) is 0 Å². The van der Waals surface area contributed by atoms with Crippen molar-refractivity contribution in [1.29, 1.82) is 0 Å². The van der Waals surface area contributed by atoms with Gasteiger partial charge in [0.1, 0.15) is 0 Å². The van der Waals surface area contributed by atoms with Gasteiger partial charge in [0.05, 0.1) is 19.8 Å². The predicted octanol–water partition coefficient (Wildman–Crippen LogP) is 2.19. The highest BCUT2D eigenvalue weighted by Crippen LogP contribution is 2.16. The molecular weight excluding hydrogens is 302 g/mol. The molecule has 1 amide bonds. The molecule has 24 heavy (non-hydrogen) atoms. The minimum absolute atomic E-state index is 0.0880. The van der Waals surface area contributed by atoms with Gasteiger partial charge in [0.25, 0.3) is 0 Å². The van der Waals surface area contributed by atoms with Crippen LogP contribution in [0.25, 0.3) is 0 Å². The van der Waals surface area contributed by atoms with Crippen molar-refractivity contribution in [2.45, 2.75) is 26.3 Å². The SMILES string of the molecule is C[C@H]1CCCN(CC(=O)Nc2ccc(CN3CCOCC3)cc2)C1. The van der Waals surface area contributed by atoms with E-state index in [2.05, 4.69) is 34.2 Å². The molecule has 2 aliphatic rings. The van der Waals surface area contributed by atoms with Crippen molar-refractivity contribution in [2.75, 3.05) is 51.3 Å². The average molecular weight is 331 g/mol. The molecule has 3 rings (SSSR count). The number of hydrogen-bond acceptors (Lipinski definition) is 4. The molecule has 0 unspecified atom stereocenters. The highest BCUT2D eigenvalue weighted by atomic mass is 16.5. The van der Waals surface area contributed by atoms with Gasteiger partial charge in [0, 0.05) is 31.9 Å². The number of carbonyl (C=O) groups is 1. The molecule has 1 atom stereocenters. The van der Waals surface area contributed by atoms with Gasteiger partial charge in [-0.25, -0.2) is 0 Å². The lowest BCUT2D eigenvalue weighted by atomic mass is 10.0. The molecule has 1 aromatic carbocycles. The molecule has 132 valence electrons. The van der Waals surface area contributed by atoms with E-state index in [1.165, 1.54) is 18.4 Å². The Morgan fingerprint density at radius 2 is 1.92 bits per heavy atom. The van der Waals surface area contributed by atoms with Crippen LogP contribution < -0.4 is 5.32 Å². The van der Waals surface area contributed by atoms with Crippen LogP contribution in [0.4, 0.5) is 5.69 Å². The van der Waals surface area contributed by atoms with E-state index in [1.807, 2.05) is 12.1 Å². The van der Waals surface area contributed by atoms with E-state index in [0.29, 0.717) is 12.5 Å². The Morgan fingerprint density at radius 1 is 1.17 bits per heavy atom. The molecule has 2 saturated heterocycles. The van der Waals surface area contributed by atoms with E-state index in [-0.39, 0.29) is 5.91 Å². The van der Waals surface area contributed by atoms with Crippen molar-refractivity contribution < 1.29 is 9.53 Å². The standard InChI is InChI=1S/C19H29N3O2/c1-16-3-2-8-22(13-16)15-19(23)20-18-6-4-17(5-7-18)14-21-9-11-24-12-10-21/h4-7,16H,2-3,8-15H2,1H3,(H,20,23)/t16-/m0/s1. The largest absolute Gasteiger partial charge is 0.379 e. The number of likely N-dealkylation sites (tertiary alicyclic amines) is 1. The van der Waals surface area contributed by atoms with Gasteiger partial charge in [-0.15, -0.1) is 0 Å². The van der Waals surface area contributed by atoms with Crippen LogP contribution in [0.3, 0.4) is 0 Å². The maximum absolute atomic E-state index is 12.2. The first kappa shape index (κ1) is 17.4. The van der Waals surface area contributed by atoms with Gasteiger partial charge in [0.15, 0.2) is 0 Å². The average Bonchev–Trinajstić information content (AvgIpc) is 2.57. The molecule has 0 bridgehead atoms. The van der Waals surface area contributed by atoms with E-state index < -0.39 is 0 Å². The second-order valence-electron chi connectivity index (χ2n) is 7.12. The summed E-state index contributed by atoms with van der Waals surface area (Å²) in [5.41, 5.74) is 2.16. The zero-order valence-electron chi connectivity index (χ0n) is 14.7. The third kappa shape index (κ3) is 5.30. The molecule has 0 aromatic heterocycles. The molecule has 1 aromatic rings. The number of benzene rings is 1. The third-order valence-electron chi connectivity index (χ3n) is 4.86. The Balaban J connectivity index is 1.45. The molecule has 0 aliphatic carbocycles. The Bertz CT molecular complexity index is 526.